The van der Waals surface area contributed by atoms with Gasteiger partial charge in [0.1, 0.15) is 0 Å². The molecule has 1 atom stereocenters. The molecule has 0 spiro atoms. The van der Waals surface area contributed by atoms with Crippen LogP contribution in [0.5, 0.6) is 0 Å². The highest BCUT2D eigenvalue weighted by Crippen LogP contribution is 2.14. The maximum absolute atomic E-state index is 12.8. The summed E-state index contributed by atoms with van der Waals surface area (Å²) in [5.74, 6) is 0.166. The summed E-state index contributed by atoms with van der Waals surface area (Å²) < 4.78 is 0. The summed E-state index contributed by atoms with van der Waals surface area (Å²) in [6.45, 7) is 10.1. The van der Waals surface area contributed by atoms with E-state index < -0.39 is 0 Å². The molecule has 2 aliphatic rings. The van der Waals surface area contributed by atoms with Gasteiger partial charge in [-0.15, -0.1) is 24.8 Å². The van der Waals surface area contributed by atoms with Crippen LogP contribution in [0, 0.1) is 0 Å². The Hall–Kier alpha value is -0.850. The molecule has 25 heavy (non-hydrogen) atoms. The highest BCUT2D eigenvalue weighted by atomic mass is 35.5. The van der Waals surface area contributed by atoms with Gasteiger partial charge >= 0.3 is 0 Å². The third-order valence-electron chi connectivity index (χ3n) is 4.94. The van der Waals surface area contributed by atoms with Gasteiger partial charge < -0.3 is 15.1 Å². The second-order valence-electron chi connectivity index (χ2n) is 6.83. The summed E-state index contributed by atoms with van der Waals surface area (Å²) in [6, 6.07) is 8.44. The van der Waals surface area contributed by atoms with Crippen molar-refractivity contribution in [1.29, 1.82) is 0 Å². The molecule has 3 rings (SSSR count). The van der Waals surface area contributed by atoms with E-state index in [1.54, 1.807) is 0 Å². The molecular formula is C18H30Cl2N4O. The van der Waals surface area contributed by atoms with Crippen LogP contribution in [-0.2, 0) is 6.54 Å². The van der Waals surface area contributed by atoms with E-state index in [2.05, 4.69) is 41.2 Å². The zero-order chi connectivity index (χ0) is 16.2. The molecule has 2 heterocycles. The van der Waals surface area contributed by atoms with Crippen molar-refractivity contribution in [2.45, 2.75) is 19.5 Å². The Morgan fingerprint density at radius 3 is 2.56 bits per heavy atom. The minimum absolute atomic E-state index is 0. The van der Waals surface area contributed by atoms with Crippen LogP contribution in [-0.4, -0.2) is 79.5 Å². The number of amides is 1. The topological polar surface area (TPSA) is 38.8 Å². The van der Waals surface area contributed by atoms with Gasteiger partial charge in [0.05, 0.1) is 0 Å². The minimum Gasteiger partial charge on any atom is -0.333 e. The van der Waals surface area contributed by atoms with Gasteiger partial charge in [-0.05, 0) is 31.7 Å². The molecule has 0 saturated carbocycles. The Morgan fingerprint density at radius 1 is 1.16 bits per heavy atom. The first-order chi connectivity index (χ1) is 11.1. The van der Waals surface area contributed by atoms with Crippen molar-refractivity contribution >= 4 is 30.7 Å². The van der Waals surface area contributed by atoms with Crippen molar-refractivity contribution in [2.75, 3.05) is 52.9 Å². The van der Waals surface area contributed by atoms with Crippen LogP contribution in [0.2, 0.25) is 0 Å². The predicted octanol–water partition coefficient (Wildman–Crippen LogP) is 1.71. The van der Waals surface area contributed by atoms with Crippen molar-refractivity contribution in [2.24, 2.45) is 0 Å². The van der Waals surface area contributed by atoms with Crippen LogP contribution in [0.3, 0.4) is 0 Å². The number of nitrogens with one attached hydrogen (secondary N) is 1. The Labute approximate surface area is 163 Å². The number of nitrogens with zero attached hydrogens (tertiary/aromatic N) is 3. The van der Waals surface area contributed by atoms with Gasteiger partial charge in [-0.1, -0.05) is 12.1 Å². The van der Waals surface area contributed by atoms with E-state index in [9.17, 15) is 4.79 Å². The smallest absolute Gasteiger partial charge is 0.254 e. The lowest BCUT2D eigenvalue weighted by Crippen LogP contribution is -2.52. The molecule has 1 aromatic rings. The Bertz CT molecular complexity index is 550. The highest BCUT2D eigenvalue weighted by Gasteiger charge is 2.24. The molecular weight excluding hydrogens is 359 g/mol. The van der Waals surface area contributed by atoms with Crippen LogP contribution in [0.4, 0.5) is 0 Å². The largest absolute Gasteiger partial charge is 0.333 e. The predicted molar refractivity (Wildman–Crippen MR) is 107 cm³/mol. The molecule has 1 aromatic carbocycles. The molecule has 142 valence electrons. The van der Waals surface area contributed by atoms with E-state index in [0.29, 0.717) is 0 Å². The van der Waals surface area contributed by atoms with E-state index in [1.165, 1.54) is 5.56 Å². The average Bonchev–Trinajstić information content (AvgIpc) is 2.57. The van der Waals surface area contributed by atoms with Gasteiger partial charge in [0.2, 0.25) is 0 Å². The molecule has 0 aliphatic carbocycles. The van der Waals surface area contributed by atoms with Gasteiger partial charge in [0.25, 0.3) is 5.91 Å². The van der Waals surface area contributed by atoms with Crippen LogP contribution in [0.15, 0.2) is 24.3 Å². The number of benzene rings is 1. The molecule has 1 N–H and O–H groups in total. The second-order valence-corrected chi connectivity index (χ2v) is 6.83. The lowest BCUT2D eigenvalue weighted by atomic mass is 10.1. The molecule has 2 saturated heterocycles. The number of rotatable bonds is 3. The van der Waals surface area contributed by atoms with Crippen molar-refractivity contribution < 1.29 is 4.79 Å². The van der Waals surface area contributed by atoms with Crippen LogP contribution in [0.25, 0.3) is 0 Å². The monoisotopic (exact) mass is 388 g/mol. The van der Waals surface area contributed by atoms with Gasteiger partial charge in [-0.2, -0.15) is 0 Å². The number of carbonyl (C=O) groups excluding carboxylic acids is 1. The highest BCUT2D eigenvalue weighted by molar-refractivity contribution is 5.94. The zero-order valence-corrected chi connectivity index (χ0v) is 16.7. The first kappa shape index (κ1) is 22.2. The van der Waals surface area contributed by atoms with Crippen LogP contribution >= 0.6 is 24.8 Å². The molecule has 0 radical (unpaired) electrons. The molecule has 2 aliphatic heterocycles. The normalized spacial score (nSPS) is 22.0. The average molecular weight is 389 g/mol. The first-order valence-corrected chi connectivity index (χ1v) is 8.65. The fourth-order valence-corrected chi connectivity index (χ4v) is 3.38. The van der Waals surface area contributed by atoms with E-state index in [1.807, 2.05) is 17.0 Å². The van der Waals surface area contributed by atoms with Gasteiger partial charge in [0, 0.05) is 64.0 Å². The van der Waals surface area contributed by atoms with E-state index in [0.717, 1.165) is 57.9 Å². The van der Waals surface area contributed by atoms with Crippen molar-refractivity contribution in [1.82, 2.24) is 20.0 Å². The summed E-state index contributed by atoms with van der Waals surface area (Å²) in [7, 11) is 2.17. The second kappa shape index (κ2) is 10.3. The lowest BCUT2D eigenvalue weighted by molar-refractivity contribution is 0.0655. The Kier molecular flexibility index (Phi) is 9.17. The molecule has 0 aromatic heterocycles. The van der Waals surface area contributed by atoms with Crippen LogP contribution < -0.4 is 5.32 Å². The third-order valence-corrected chi connectivity index (χ3v) is 4.94. The fraction of sp³-hybridized carbons (Fsp3) is 0.611. The molecule has 5 nitrogen and oxygen atoms in total. The fourth-order valence-electron chi connectivity index (χ4n) is 3.38. The van der Waals surface area contributed by atoms with Crippen molar-refractivity contribution in [3.8, 4) is 0 Å². The van der Waals surface area contributed by atoms with E-state index in [4.69, 9.17) is 0 Å². The molecule has 1 amide bonds. The molecule has 0 bridgehead atoms. The zero-order valence-electron chi connectivity index (χ0n) is 15.1. The number of carbonyl (C=O) groups is 1. The summed E-state index contributed by atoms with van der Waals surface area (Å²) in [5, 5.41) is 3.34. The Morgan fingerprint density at radius 2 is 1.88 bits per heavy atom. The molecule has 7 heteroatoms. The summed E-state index contributed by atoms with van der Waals surface area (Å²) in [5.41, 5.74) is 2.06. The van der Waals surface area contributed by atoms with E-state index in [-0.39, 0.29) is 36.8 Å². The number of likely N-dealkylation sites (N-methyl/N-ethyl adjacent to an activating group) is 1. The maximum atomic E-state index is 12.8. The SMILES string of the molecule is C[C@@H]1CNCCN1C(=O)c1cccc(CN2CCN(C)CC2)c1.Cl.Cl. The number of halogens is 2. The summed E-state index contributed by atoms with van der Waals surface area (Å²) in [4.78, 5) is 19.6. The first-order valence-electron chi connectivity index (χ1n) is 8.65. The molecule has 0 unspecified atom stereocenters. The van der Waals surface area contributed by atoms with Gasteiger partial charge in [-0.25, -0.2) is 0 Å². The number of hydrogen-bond acceptors (Lipinski definition) is 4. The molecule has 2 fully saturated rings. The van der Waals surface area contributed by atoms with Gasteiger partial charge in [-0.3, -0.25) is 9.69 Å². The van der Waals surface area contributed by atoms with Crippen LogP contribution in [0.1, 0.15) is 22.8 Å². The lowest BCUT2D eigenvalue weighted by Gasteiger charge is -2.34. The van der Waals surface area contributed by atoms with Gasteiger partial charge in [0.15, 0.2) is 0 Å². The number of piperazine rings is 2. The minimum atomic E-state index is 0. The summed E-state index contributed by atoms with van der Waals surface area (Å²) >= 11 is 0. The van der Waals surface area contributed by atoms with Crippen molar-refractivity contribution in [3.05, 3.63) is 35.4 Å². The quantitative estimate of drug-likeness (QED) is 0.855. The summed E-state index contributed by atoms with van der Waals surface area (Å²) in [6.07, 6.45) is 0. The standard InChI is InChI=1S/C18H28N4O.2ClH/c1-15-13-19-6-7-22(15)18(23)17-5-3-4-16(12-17)14-21-10-8-20(2)9-11-21;;/h3-5,12,15,19H,6-11,13-14H2,1-2H3;2*1H/t15-;;/m1../s1. The van der Waals surface area contributed by atoms with Crippen molar-refractivity contribution in [3.63, 3.8) is 0 Å². The third kappa shape index (κ3) is 5.83. The number of hydrogen-bond donors (Lipinski definition) is 1. The maximum Gasteiger partial charge on any atom is 0.254 e. The van der Waals surface area contributed by atoms with E-state index >= 15 is 0 Å². The Balaban J connectivity index is 0.00000156.